The van der Waals surface area contributed by atoms with Crippen molar-refractivity contribution in [2.45, 2.75) is 26.4 Å². The van der Waals surface area contributed by atoms with Gasteiger partial charge in [0.15, 0.2) is 0 Å². The van der Waals surface area contributed by atoms with E-state index < -0.39 is 0 Å². The smallest absolute Gasteiger partial charge is 0.0668 e. The molecule has 1 N–H and O–H groups in total. The van der Waals surface area contributed by atoms with Crippen LogP contribution in [-0.2, 0) is 4.74 Å². The highest BCUT2D eigenvalue weighted by Crippen LogP contribution is 2.43. The van der Waals surface area contributed by atoms with Crippen LogP contribution < -0.4 is 0 Å². The summed E-state index contributed by atoms with van der Waals surface area (Å²) in [5.74, 6) is 1.94. The average Bonchev–Trinajstić information content (AvgIpc) is 2.61. The van der Waals surface area contributed by atoms with Crippen LogP contribution in [0.5, 0.6) is 0 Å². The molecule has 2 heteroatoms. The van der Waals surface area contributed by atoms with E-state index in [1.165, 1.54) is 0 Å². The number of aliphatic hydroxyl groups excluding tert-OH is 1. The van der Waals surface area contributed by atoms with Crippen LogP contribution in [0.1, 0.15) is 20.3 Å². The van der Waals surface area contributed by atoms with Crippen LogP contribution in [0.3, 0.4) is 0 Å². The topological polar surface area (TPSA) is 29.5 Å². The van der Waals surface area contributed by atoms with Crippen molar-refractivity contribution in [1.82, 2.24) is 0 Å². The summed E-state index contributed by atoms with van der Waals surface area (Å²) < 4.78 is 5.63. The predicted octanol–water partition coefficient (Wildman–Crippen LogP) is 1.84. The zero-order valence-corrected chi connectivity index (χ0v) is 9.02. The summed E-state index contributed by atoms with van der Waals surface area (Å²) in [6, 6.07) is 0. The largest absolute Gasteiger partial charge is 0.392 e. The summed E-state index contributed by atoms with van der Waals surface area (Å²) in [7, 11) is 0. The fourth-order valence-electron chi connectivity index (χ4n) is 2.58. The predicted molar refractivity (Wildman–Crippen MR) is 55.9 cm³/mol. The van der Waals surface area contributed by atoms with E-state index in [1.807, 2.05) is 0 Å². The van der Waals surface area contributed by atoms with Crippen molar-refractivity contribution in [3.05, 3.63) is 12.2 Å². The lowest BCUT2D eigenvalue weighted by molar-refractivity contribution is 0.0605. The number of ether oxygens (including phenoxy) is 1. The van der Waals surface area contributed by atoms with Crippen molar-refractivity contribution in [3.8, 4) is 0 Å². The summed E-state index contributed by atoms with van der Waals surface area (Å²) in [6.45, 7) is 5.99. The van der Waals surface area contributed by atoms with Crippen molar-refractivity contribution in [2.24, 2.45) is 23.7 Å². The van der Waals surface area contributed by atoms with Crippen LogP contribution >= 0.6 is 0 Å². The van der Waals surface area contributed by atoms with E-state index in [0.717, 1.165) is 19.6 Å². The maximum atomic E-state index is 9.79. The Labute approximate surface area is 86.0 Å². The van der Waals surface area contributed by atoms with Gasteiger partial charge in [0.2, 0.25) is 0 Å². The lowest BCUT2D eigenvalue weighted by Gasteiger charge is -2.18. The van der Waals surface area contributed by atoms with Crippen molar-refractivity contribution in [3.63, 3.8) is 0 Å². The first-order valence-electron chi connectivity index (χ1n) is 5.62. The van der Waals surface area contributed by atoms with Crippen molar-refractivity contribution in [2.75, 3.05) is 13.2 Å². The lowest BCUT2D eigenvalue weighted by Crippen LogP contribution is -2.20. The first-order valence-corrected chi connectivity index (χ1v) is 5.62. The van der Waals surface area contributed by atoms with E-state index in [-0.39, 0.29) is 6.10 Å². The molecule has 0 radical (unpaired) electrons. The van der Waals surface area contributed by atoms with E-state index >= 15 is 0 Å². The molecule has 0 saturated heterocycles. The molecule has 2 aliphatic rings. The first kappa shape index (κ1) is 10.2. The lowest BCUT2D eigenvalue weighted by atomic mass is 9.94. The highest BCUT2D eigenvalue weighted by Gasteiger charge is 2.43. The molecule has 1 saturated carbocycles. The summed E-state index contributed by atoms with van der Waals surface area (Å²) in [6.07, 6.45) is 5.32. The molecule has 0 heterocycles. The second-order valence-corrected chi connectivity index (χ2v) is 5.04. The Morgan fingerprint density at radius 2 is 2.21 bits per heavy atom. The third-order valence-electron chi connectivity index (χ3n) is 3.32. The van der Waals surface area contributed by atoms with Crippen molar-refractivity contribution in [1.29, 1.82) is 0 Å². The SMILES string of the molecule is CC(C)COCC1CC2C=CC1C2O. The van der Waals surface area contributed by atoms with Crippen molar-refractivity contribution < 1.29 is 9.84 Å². The number of hydrogen-bond donors (Lipinski definition) is 1. The maximum Gasteiger partial charge on any atom is 0.0668 e. The van der Waals surface area contributed by atoms with Gasteiger partial charge in [-0.3, -0.25) is 0 Å². The Kier molecular flexibility index (Phi) is 2.93. The van der Waals surface area contributed by atoms with Crippen LogP contribution in [0.2, 0.25) is 0 Å². The number of hydrogen-bond acceptors (Lipinski definition) is 2. The van der Waals surface area contributed by atoms with Crippen LogP contribution in [0, 0.1) is 23.7 Å². The minimum atomic E-state index is -0.123. The summed E-state index contributed by atoms with van der Waals surface area (Å²) >= 11 is 0. The standard InChI is InChI=1S/C12H20O2/c1-8(2)6-14-7-10-5-9-3-4-11(10)12(9)13/h3-4,8-13H,5-7H2,1-2H3. The second kappa shape index (κ2) is 4.03. The Morgan fingerprint density at radius 3 is 2.71 bits per heavy atom. The molecule has 14 heavy (non-hydrogen) atoms. The molecule has 2 aliphatic carbocycles. The van der Waals surface area contributed by atoms with Gasteiger partial charge in [0.25, 0.3) is 0 Å². The van der Waals surface area contributed by atoms with E-state index in [0.29, 0.717) is 23.7 Å². The zero-order chi connectivity index (χ0) is 10.1. The molecule has 80 valence electrons. The molecule has 0 aromatic carbocycles. The molecular weight excluding hydrogens is 176 g/mol. The molecule has 0 aromatic rings. The van der Waals surface area contributed by atoms with Crippen molar-refractivity contribution >= 4 is 0 Å². The number of aliphatic hydroxyl groups is 1. The number of rotatable bonds is 4. The molecule has 1 fully saturated rings. The minimum Gasteiger partial charge on any atom is -0.392 e. The van der Waals surface area contributed by atoms with Gasteiger partial charge in [-0.25, -0.2) is 0 Å². The third kappa shape index (κ3) is 1.86. The monoisotopic (exact) mass is 196 g/mol. The van der Waals surface area contributed by atoms with Gasteiger partial charge in [-0.15, -0.1) is 0 Å². The van der Waals surface area contributed by atoms with Crippen LogP contribution in [0.25, 0.3) is 0 Å². The van der Waals surface area contributed by atoms with Gasteiger partial charge < -0.3 is 9.84 Å². The third-order valence-corrected chi connectivity index (χ3v) is 3.32. The van der Waals surface area contributed by atoms with Gasteiger partial charge in [0.1, 0.15) is 0 Å². The Balaban J connectivity index is 1.76. The summed E-state index contributed by atoms with van der Waals surface area (Å²) in [5, 5.41) is 9.79. The molecule has 2 nitrogen and oxygen atoms in total. The molecule has 4 unspecified atom stereocenters. The Morgan fingerprint density at radius 1 is 1.43 bits per heavy atom. The van der Waals surface area contributed by atoms with Gasteiger partial charge in [0, 0.05) is 18.4 Å². The van der Waals surface area contributed by atoms with Gasteiger partial charge in [-0.05, 0) is 18.3 Å². The van der Waals surface area contributed by atoms with Crippen LogP contribution in [0.4, 0.5) is 0 Å². The Bertz CT molecular complexity index is 222. The van der Waals surface area contributed by atoms with E-state index in [9.17, 15) is 5.11 Å². The molecule has 0 aliphatic heterocycles. The molecule has 0 aromatic heterocycles. The van der Waals surface area contributed by atoms with E-state index in [1.54, 1.807) is 0 Å². The number of fused-ring (bicyclic) bond motifs is 2. The molecule has 0 amide bonds. The van der Waals surface area contributed by atoms with Gasteiger partial charge in [-0.1, -0.05) is 26.0 Å². The molecule has 2 rings (SSSR count). The highest BCUT2D eigenvalue weighted by molar-refractivity contribution is 5.15. The summed E-state index contributed by atoms with van der Waals surface area (Å²) in [5.41, 5.74) is 0. The second-order valence-electron chi connectivity index (χ2n) is 5.04. The quantitative estimate of drug-likeness (QED) is 0.695. The molecular formula is C12H20O2. The summed E-state index contributed by atoms with van der Waals surface area (Å²) in [4.78, 5) is 0. The van der Waals surface area contributed by atoms with E-state index in [4.69, 9.17) is 4.74 Å². The van der Waals surface area contributed by atoms with E-state index in [2.05, 4.69) is 26.0 Å². The normalized spacial score (nSPS) is 40.0. The fraction of sp³-hybridized carbons (Fsp3) is 0.833. The fourth-order valence-corrected chi connectivity index (χ4v) is 2.58. The Hall–Kier alpha value is -0.340. The highest BCUT2D eigenvalue weighted by atomic mass is 16.5. The van der Waals surface area contributed by atoms with Gasteiger partial charge in [0.05, 0.1) is 12.7 Å². The van der Waals surface area contributed by atoms with Crippen LogP contribution in [-0.4, -0.2) is 24.4 Å². The zero-order valence-electron chi connectivity index (χ0n) is 9.02. The molecule has 4 atom stereocenters. The van der Waals surface area contributed by atoms with Crippen LogP contribution in [0.15, 0.2) is 12.2 Å². The van der Waals surface area contributed by atoms with Gasteiger partial charge >= 0.3 is 0 Å². The first-order chi connectivity index (χ1) is 6.68. The maximum absolute atomic E-state index is 9.79. The molecule has 0 spiro atoms. The van der Waals surface area contributed by atoms with Gasteiger partial charge in [-0.2, -0.15) is 0 Å². The minimum absolute atomic E-state index is 0.123. The molecule has 2 bridgehead atoms. The average molecular weight is 196 g/mol.